The summed E-state index contributed by atoms with van der Waals surface area (Å²) in [6, 6.07) is 11.3. The molecule has 1 amide bonds. The summed E-state index contributed by atoms with van der Waals surface area (Å²) < 4.78 is 5.16. The second kappa shape index (κ2) is 7.17. The Bertz CT molecular complexity index is 772. The van der Waals surface area contributed by atoms with Crippen LogP contribution in [-0.2, 0) is 0 Å². The number of nitrogens with zero attached hydrogens (tertiary/aromatic N) is 2. The Hall–Kier alpha value is -3.22. The van der Waals surface area contributed by atoms with Gasteiger partial charge in [0.25, 0.3) is 11.6 Å². The summed E-state index contributed by atoms with van der Waals surface area (Å²) in [6.07, 6.45) is 1.23. The molecule has 0 unspecified atom stereocenters. The number of para-hydroxylation sites is 1. The predicted molar refractivity (Wildman–Crippen MR) is 85.9 cm³/mol. The van der Waals surface area contributed by atoms with E-state index in [1.165, 1.54) is 19.4 Å². The first-order valence-electron chi connectivity index (χ1n) is 6.74. The average molecular weight is 313 g/mol. The zero-order valence-electron chi connectivity index (χ0n) is 12.6. The summed E-state index contributed by atoms with van der Waals surface area (Å²) in [5.74, 6) is -0.0277. The Morgan fingerprint density at radius 3 is 2.74 bits per heavy atom. The number of methoxy groups -OCH3 is 1. The van der Waals surface area contributed by atoms with Crippen LogP contribution in [0.4, 0.5) is 5.69 Å². The standard InChI is InChI=1S/C16H15N3O4/c1-11-7-8-13(15(9-11)23-2)16(20)18-17-10-12-5-3-4-6-14(12)19(21)22/h3-10H,1-2H3,(H,18,20). The Balaban J connectivity index is 2.15. The molecule has 2 rings (SSSR count). The maximum Gasteiger partial charge on any atom is 0.278 e. The van der Waals surface area contributed by atoms with Crippen LogP contribution in [0.15, 0.2) is 47.6 Å². The Morgan fingerprint density at radius 1 is 1.30 bits per heavy atom. The van der Waals surface area contributed by atoms with Crippen molar-refractivity contribution in [1.82, 2.24) is 5.43 Å². The fourth-order valence-electron chi connectivity index (χ4n) is 1.97. The van der Waals surface area contributed by atoms with Crippen molar-refractivity contribution in [2.75, 3.05) is 7.11 Å². The summed E-state index contributed by atoms with van der Waals surface area (Å²) in [6.45, 7) is 1.89. The molecule has 0 aliphatic rings. The van der Waals surface area contributed by atoms with E-state index in [9.17, 15) is 14.9 Å². The summed E-state index contributed by atoms with van der Waals surface area (Å²) >= 11 is 0. The van der Waals surface area contributed by atoms with E-state index in [2.05, 4.69) is 10.5 Å². The van der Waals surface area contributed by atoms with Gasteiger partial charge in [0.05, 0.1) is 29.4 Å². The maximum atomic E-state index is 12.1. The molecule has 0 aliphatic heterocycles. The van der Waals surface area contributed by atoms with Crippen molar-refractivity contribution < 1.29 is 14.5 Å². The van der Waals surface area contributed by atoms with E-state index in [0.29, 0.717) is 16.9 Å². The molecule has 0 bridgehead atoms. The van der Waals surface area contributed by atoms with Gasteiger partial charge < -0.3 is 4.74 Å². The van der Waals surface area contributed by atoms with Gasteiger partial charge in [-0.05, 0) is 30.7 Å². The van der Waals surface area contributed by atoms with Crippen LogP contribution < -0.4 is 10.2 Å². The number of rotatable bonds is 5. The van der Waals surface area contributed by atoms with E-state index in [1.54, 1.807) is 36.4 Å². The quantitative estimate of drug-likeness (QED) is 0.521. The van der Waals surface area contributed by atoms with Crippen molar-refractivity contribution in [3.8, 4) is 5.75 Å². The Morgan fingerprint density at radius 2 is 2.04 bits per heavy atom. The number of nitro groups is 1. The highest BCUT2D eigenvalue weighted by Gasteiger charge is 2.12. The minimum absolute atomic E-state index is 0.0848. The lowest BCUT2D eigenvalue weighted by Crippen LogP contribution is -2.18. The largest absolute Gasteiger partial charge is 0.496 e. The molecule has 0 aliphatic carbocycles. The van der Waals surface area contributed by atoms with E-state index < -0.39 is 10.8 Å². The van der Waals surface area contributed by atoms with Gasteiger partial charge in [0.2, 0.25) is 0 Å². The molecule has 2 aromatic rings. The van der Waals surface area contributed by atoms with E-state index in [1.807, 2.05) is 6.92 Å². The van der Waals surface area contributed by atoms with E-state index in [-0.39, 0.29) is 5.69 Å². The SMILES string of the molecule is COc1cc(C)ccc1C(=O)NN=Cc1ccccc1[N+](=O)[O-]. The fourth-order valence-corrected chi connectivity index (χ4v) is 1.97. The number of ether oxygens (including phenoxy) is 1. The molecule has 0 spiro atoms. The molecule has 118 valence electrons. The number of amides is 1. The molecule has 1 N–H and O–H groups in total. The van der Waals surface area contributed by atoms with Crippen LogP contribution in [-0.4, -0.2) is 24.2 Å². The van der Waals surface area contributed by atoms with Crippen molar-refractivity contribution in [3.63, 3.8) is 0 Å². The molecule has 23 heavy (non-hydrogen) atoms. The monoisotopic (exact) mass is 313 g/mol. The number of carbonyl (C=O) groups is 1. The van der Waals surface area contributed by atoms with Crippen LogP contribution in [0, 0.1) is 17.0 Å². The van der Waals surface area contributed by atoms with Crippen LogP contribution in [0.2, 0.25) is 0 Å². The first kappa shape index (κ1) is 16.2. The highest BCUT2D eigenvalue weighted by atomic mass is 16.6. The maximum absolute atomic E-state index is 12.1. The average Bonchev–Trinajstić information content (AvgIpc) is 2.54. The van der Waals surface area contributed by atoms with Gasteiger partial charge in [0.1, 0.15) is 5.75 Å². The molecular formula is C16H15N3O4. The van der Waals surface area contributed by atoms with Crippen LogP contribution >= 0.6 is 0 Å². The highest BCUT2D eigenvalue weighted by molar-refractivity contribution is 5.97. The van der Waals surface area contributed by atoms with Gasteiger partial charge in [0.15, 0.2) is 0 Å². The van der Waals surface area contributed by atoms with Gasteiger partial charge in [0, 0.05) is 6.07 Å². The van der Waals surface area contributed by atoms with Gasteiger partial charge in [-0.15, -0.1) is 0 Å². The molecule has 7 nitrogen and oxygen atoms in total. The van der Waals surface area contributed by atoms with Crippen molar-refractivity contribution >= 4 is 17.8 Å². The third kappa shape index (κ3) is 3.91. The second-order valence-corrected chi connectivity index (χ2v) is 4.72. The van der Waals surface area contributed by atoms with Gasteiger partial charge >= 0.3 is 0 Å². The fraction of sp³-hybridized carbons (Fsp3) is 0.125. The number of hydrazone groups is 1. The number of hydrogen-bond acceptors (Lipinski definition) is 5. The third-order valence-corrected chi connectivity index (χ3v) is 3.10. The number of aryl methyl sites for hydroxylation is 1. The number of hydrogen-bond donors (Lipinski definition) is 1. The van der Waals surface area contributed by atoms with E-state index in [0.717, 1.165) is 5.56 Å². The Kier molecular flexibility index (Phi) is 5.03. The highest BCUT2D eigenvalue weighted by Crippen LogP contribution is 2.19. The molecule has 2 aromatic carbocycles. The van der Waals surface area contributed by atoms with Crippen molar-refractivity contribution in [1.29, 1.82) is 0 Å². The summed E-state index contributed by atoms with van der Waals surface area (Å²) in [5, 5.41) is 14.7. The normalized spacial score (nSPS) is 10.5. The van der Waals surface area contributed by atoms with E-state index in [4.69, 9.17) is 4.74 Å². The van der Waals surface area contributed by atoms with Crippen LogP contribution in [0.3, 0.4) is 0 Å². The zero-order chi connectivity index (χ0) is 16.8. The zero-order valence-corrected chi connectivity index (χ0v) is 12.6. The third-order valence-electron chi connectivity index (χ3n) is 3.10. The summed E-state index contributed by atoms with van der Waals surface area (Å²) in [5.41, 5.74) is 3.84. The van der Waals surface area contributed by atoms with Gasteiger partial charge in [-0.25, -0.2) is 5.43 Å². The molecule has 0 aromatic heterocycles. The number of nitrogens with one attached hydrogen (secondary N) is 1. The number of benzene rings is 2. The molecule has 0 fully saturated rings. The minimum atomic E-state index is -0.508. The van der Waals surface area contributed by atoms with Crippen LogP contribution in [0.25, 0.3) is 0 Å². The predicted octanol–water partition coefficient (Wildman–Crippen LogP) is 2.68. The molecule has 0 heterocycles. The Labute approximate surface area is 132 Å². The molecule has 0 radical (unpaired) electrons. The lowest BCUT2D eigenvalue weighted by molar-refractivity contribution is -0.385. The van der Waals surface area contributed by atoms with Gasteiger partial charge in [-0.1, -0.05) is 18.2 Å². The minimum Gasteiger partial charge on any atom is -0.496 e. The first-order valence-corrected chi connectivity index (χ1v) is 6.74. The number of nitro benzene ring substituents is 1. The van der Waals surface area contributed by atoms with Crippen molar-refractivity contribution in [2.24, 2.45) is 5.10 Å². The van der Waals surface area contributed by atoms with Crippen LogP contribution in [0.1, 0.15) is 21.5 Å². The van der Waals surface area contributed by atoms with Gasteiger partial charge in [-0.2, -0.15) is 5.10 Å². The lowest BCUT2D eigenvalue weighted by atomic mass is 10.1. The summed E-state index contributed by atoms with van der Waals surface area (Å²) in [7, 11) is 1.47. The molecule has 0 atom stereocenters. The summed E-state index contributed by atoms with van der Waals surface area (Å²) in [4.78, 5) is 22.5. The molecular weight excluding hydrogens is 298 g/mol. The second-order valence-electron chi connectivity index (χ2n) is 4.72. The lowest BCUT2D eigenvalue weighted by Gasteiger charge is -2.07. The van der Waals surface area contributed by atoms with Crippen molar-refractivity contribution in [3.05, 3.63) is 69.3 Å². The topological polar surface area (TPSA) is 93.8 Å². The van der Waals surface area contributed by atoms with Crippen LogP contribution in [0.5, 0.6) is 5.75 Å². The first-order chi connectivity index (χ1) is 11.0. The molecule has 0 saturated heterocycles. The number of carbonyl (C=O) groups excluding carboxylic acids is 1. The smallest absolute Gasteiger partial charge is 0.278 e. The molecule has 7 heteroatoms. The molecule has 0 saturated carbocycles. The van der Waals surface area contributed by atoms with Crippen molar-refractivity contribution in [2.45, 2.75) is 6.92 Å². The van der Waals surface area contributed by atoms with E-state index >= 15 is 0 Å². The van der Waals surface area contributed by atoms with Gasteiger partial charge in [-0.3, -0.25) is 14.9 Å².